The van der Waals surface area contributed by atoms with Crippen molar-refractivity contribution in [3.05, 3.63) is 54.2 Å². The average molecular weight is 310 g/mol. The Morgan fingerprint density at radius 1 is 1.22 bits per heavy atom. The molecule has 0 unspecified atom stereocenters. The molecule has 0 aromatic carbocycles. The number of amides is 1. The lowest BCUT2D eigenvalue weighted by atomic mass is 10.2. The van der Waals surface area contributed by atoms with E-state index in [4.69, 9.17) is 15.9 Å². The number of hydrogen-bond acceptors (Lipinski definition) is 7. The van der Waals surface area contributed by atoms with Crippen LogP contribution in [-0.4, -0.2) is 20.9 Å². The summed E-state index contributed by atoms with van der Waals surface area (Å²) >= 11 is 0. The van der Waals surface area contributed by atoms with Gasteiger partial charge in [0.2, 0.25) is 0 Å². The summed E-state index contributed by atoms with van der Waals surface area (Å²) in [6.45, 7) is 0.185. The molecule has 8 heteroatoms. The zero-order chi connectivity index (χ0) is 16.2. The molecule has 0 saturated heterocycles. The normalized spacial score (nSPS) is 10.4. The van der Waals surface area contributed by atoms with Crippen molar-refractivity contribution in [2.75, 3.05) is 11.5 Å². The molecular formula is C15H14N6O2. The van der Waals surface area contributed by atoms with Crippen molar-refractivity contribution in [3.8, 4) is 11.6 Å². The maximum absolute atomic E-state index is 12.2. The van der Waals surface area contributed by atoms with Gasteiger partial charge in [-0.3, -0.25) is 9.78 Å². The largest absolute Gasteiger partial charge is 0.461 e. The summed E-state index contributed by atoms with van der Waals surface area (Å²) in [5.74, 6) is 0.458. The predicted molar refractivity (Wildman–Crippen MR) is 84.0 cm³/mol. The minimum atomic E-state index is -0.404. The minimum absolute atomic E-state index is 0.0675. The van der Waals surface area contributed by atoms with Gasteiger partial charge in [-0.05, 0) is 24.3 Å². The highest BCUT2D eigenvalue weighted by atomic mass is 16.3. The van der Waals surface area contributed by atoms with Crippen LogP contribution in [0.15, 0.2) is 47.3 Å². The Morgan fingerprint density at radius 3 is 2.78 bits per heavy atom. The van der Waals surface area contributed by atoms with Crippen molar-refractivity contribution >= 4 is 17.4 Å². The lowest BCUT2D eigenvalue weighted by molar-refractivity contribution is 0.0951. The van der Waals surface area contributed by atoms with Crippen molar-refractivity contribution in [2.24, 2.45) is 0 Å². The summed E-state index contributed by atoms with van der Waals surface area (Å²) in [6, 6.07) is 6.86. The van der Waals surface area contributed by atoms with Gasteiger partial charge in [-0.2, -0.15) is 0 Å². The summed E-state index contributed by atoms with van der Waals surface area (Å²) in [6.07, 6.45) is 4.47. The summed E-state index contributed by atoms with van der Waals surface area (Å²) in [5.41, 5.74) is 12.9. The van der Waals surface area contributed by atoms with Crippen LogP contribution in [0.2, 0.25) is 0 Å². The first-order valence-corrected chi connectivity index (χ1v) is 6.79. The quantitative estimate of drug-likeness (QED) is 0.659. The van der Waals surface area contributed by atoms with Gasteiger partial charge < -0.3 is 21.2 Å². The fraction of sp³-hybridized carbons (Fsp3) is 0.0667. The Balaban J connectivity index is 1.74. The number of pyridine rings is 1. The molecule has 8 nitrogen and oxygen atoms in total. The van der Waals surface area contributed by atoms with Crippen LogP contribution in [-0.2, 0) is 6.54 Å². The molecule has 0 radical (unpaired) electrons. The van der Waals surface area contributed by atoms with Gasteiger partial charge in [-0.1, -0.05) is 0 Å². The van der Waals surface area contributed by atoms with E-state index in [-0.39, 0.29) is 17.9 Å². The topological polar surface area (TPSA) is 133 Å². The molecule has 3 rings (SSSR count). The third-order valence-electron chi connectivity index (χ3n) is 3.15. The molecule has 3 aromatic rings. The third kappa shape index (κ3) is 3.10. The van der Waals surface area contributed by atoms with Crippen molar-refractivity contribution in [2.45, 2.75) is 6.54 Å². The van der Waals surface area contributed by atoms with Gasteiger partial charge in [0.1, 0.15) is 5.82 Å². The SMILES string of the molecule is Nc1cccnc1CNC(=O)c1cnc(-c2ccco2)nc1N. The molecule has 1 amide bonds. The second-order valence-electron chi connectivity index (χ2n) is 4.69. The number of carbonyl (C=O) groups excluding carboxylic acids is 1. The van der Waals surface area contributed by atoms with E-state index in [0.717, 1.165) is 0 Å². The third-order valence-corrected chi connectivity index (χ3v) is 3.15. The van der Waals surface area contributed by atoms with Crippen LogP contribution in [0.4, 0.5) is 11.5 Å². The number of aromatic nitrogens is 3. The van der Waals surface area contributed by atoms with Crippen LogP contribution < -0.4 is 16.8 Å². The van der Waals surface area contributed by atoms with E-state index in [1.54, 1.807) is 30.5 Å². The van der Waals surface area contributed by atoms with Crippen molar-refractivity contribution < 1.29 is 9.21 Å². The number of rotatable bonds is 4. The molecule has 3 heterocycles. The highest BCUT2D eigenvalue weighted by Gasteiger charge is 2.14. The van der Waals surface area contributed by atoms with E-state index in [0.29, 0.717) is 23.0 Å². The van der Waals surface area contributed by atoms with Gasteiger partial charge in [0, 0.05) is 12.4 Å². The number of hydrogen-bond donors (Lipinski definition) is 3. The molecule has 0 aliphatic carbocycles. The molecule has 23 heavy (non-hydrogen) atoms. The van der Waals surface area contributed by atoms with Gasteiger partial charge in [0.25, 0.3) is 5.91 Å². The van der Waals surface area contributed by atoms with Crippen LogP contribution in [0.1, 0.15) is 16.1 Å². The summed E-state index contributed by atoms with van der Waals surface area (Å²) in [7, 11) is 0. The molecule has 0 fully saturated rings. The average Bonchev–Trinajstić information content (AvgIpc) is 3.08. The molecule has 0 bridgehead atoms. The van der Waals surface area contributed by atoms with Crippen LogP contribution in [0.3, 0.4) is 0 Å². The number of carbonyl (C=O) groups is 1. The summed E-state index contributed by atoms with van der Waals surface area (Å²) in [5, 5.41) is 2.69. The Labute approximate surface area is 131 Å². The summed E-state index contributed by atoms with van der Waals surface area (Å²) < 4.78 is 5.19. The number of furan rings is 1. The molecule has 0 atom stereocenters. The zero-order valence-corrected chi connectivity index (χ0v) is 12.1. The van der Waals surface area contributed by atoms with Crippen molar-refractivity contribution in [1.82, 2.24) is 20.3 Å². The second-order valence-corrected chi connectivity index (χ2v) is 4.69. The Morgan fingerprint density at radius 2 is 2.09 bits per heavy atom. The van der Waals surface area contributed by atoms with E-state index in [9.17, 15) is 4.79 Å². The van der Waals surface area contributed by atoms with E-state index in [1.165, 1.54) is 12.5 Å². The van der Waals surface area contributed by atoms with E-state index >= 15 is 0 Å². The van der Waals surface area contributed by atoms with E-state index in [2.05, 4.69) is 20.3 Å². The van der Waals surface area contributed by atoms with Gasteiger partial charge in [0.05, 0.1) is 29.8 Å². The van der Waals surface area contributed by atoms with Crippen molar-refractivity contribution in [1.29, 1.82) is 0 Å². The number of nitrogens with two attached hydrogens (primary N) is 2. The Bertz CT molecular complexity index is 832. The van der Waals surface area contributed by atoms with Crippen LogP contribution in [0.25, 0.3) is 11.6 Å². The number of nitrogens with zero attached hydrogens (tertiary/aromatic N) is 3. The monoisotopic (exact) mass is 310 g/mol. The van der Waals surface area contributed by atoms with E-state index in [1.807, 2.05) is 0 Å². The summed E-state index contributed by atoms with van der Waals surface area (Å²) in [4.78, 5) is 24.5. The first-order chi connectivity index (χ1) is 11.1. The van der Waals surface area contributed by atoms with Crippen LogP contribution in [0, 0.1) is 0 Å². The minimum Gasteiger partial charge on any atom is -0.461 e. The van der Waals surface area contributed by atoms with Gasteiger partial charge in [0.15, 0.2) is 11.6 Å². The fourth-order valence-corrected chi connectivity index (χ4v) is 1.95. The molecule has 0 aliphatic rings. The zero-order valence-electron chi connectivity index (χ0n) is 12.1. The van der Waals surface area contributed by atoms with Gasteiger partial charge >= 0.3 is 0 Å². The maximum Gasteiger partial charge on any atom is 0.256 e. The highest BCUT2D eigenvalue weighted by Crippen LogP contribution is 2.18. The Hall–Kier alpha value is -3.42. The number of nitrogen functional groups attached to an aromatic ring is 2. The highest BCUT2D eigenvalue weighted by molar-refractivity contribution is 5.98. The fourth-order valence-electron chi connectivity index (χ4n) is 1.95. The molecule has 0 aliphatic heterocycles. The molecule has 116 valence electrons. The smallest absolute Gasteiger partial charge is 0.256 e. The number of nitrogens with one attached hydrogen (secondary N) is 1. The second kappa shape index (κ2) is 6.14. The first kappa shape index (κ1) is 14.5. The van der Waals surface area contributed by atoms with E-state index < -0.39 is 5.91 Å². The molecule has 5 N–H and O–H groups in total. The number of anilines is 2. The van der Waals surface area contributed by atoms with Crippen LogP contribution >= 0.6 is 0 Å². The van der Waals surface area contributed by atoms with Gasteiger partial charge in [-0.15, -0.1) is 0 Å². The standard InChI is InChI=1S/C15H14N6O2/c16-10-3-1-5-18-11(10)8-20-15(22)9-7-19-14(21-13(9)17)12-4-2-6-23-12/h1-7H,8,16H2,(H,20,22)(H2,17,19,21). The lowest BCUT2D eigenvalue weighted by Crippen LogP contribution is -2.25. The predicted octanol–water partition coefficient (Wildman–Crippen LogP) is 1.23. The van der Waals surface area contributed by atoms with Gasteiger partial charge in [-0.25, -0.2) is 9.97 Å². The maximum atomic E-state index is 12.2. The molecular weight excluding hydrogens is 296 g/mol. The molecule has 0 saturated carbocycles. The van der Waals surface area contributed by atoms with Crippen molar-refractivity contribution in [3.63, 3.8) is 0 Å². The Kier molecular flexibility index (Phi) is 3.88. The molecule has 0 spiro atoms. The lowest BCUT2D eigenvalue weighted by Gasteiger charge is -2.08. The van der Waals surface area contributed by atoms with Crippen LogP contribution in [0.5, 0.6) is 0 Å². The first-order valence-electron chi connectivity index (χ1n) is 6.79. The molecule has 3 aromatic heterocycles.